The summed E-state index contributed by atoms with van der Waals surface area (Å²) in [5.41, 5.74) is 2.16. The quantitative estimate of drug-likeness (QED) is 0.729. The fourth-order valence-corrected chi connectivity index (χ4v) is 4.60. The van der Waals surface area contributed by atoms with Gasteiger partial charge in [-0.3, -0.25) is 0 Å². The van der Waals surface area contributed by atoms with Gasteiger partial charge in [-0.05, 0) is 32.5 Å². The number of hydrogen-bond acceptors (Lipinski definition) is 6. The average molecular weight is 382 g/mol. The van der Waals surface area contributed by atoms with Crippen molar-refractivity contribution in [3.63, 3.8) is 0 Å². The molecule has 27 heavy (non-hydrogen) atoms. The predicted octanol–water partition coefficient (Wildman–Crippen LogP) is 3.47. The van der Waals surface area contributed by atoms with E-state index in [0.717, 1.165) is 39.4 Å². The molecular weight excluding hydrogens is 360 g/mol. The van der Waals surface area contributed by atoms with Crippen molar-refractivity contribution in [2.45, 2.75) is 25.4 Å². The van der Waals surface area contributed by atoms with Crippen molar-refractivity contribution in [2.75, 3.05) is 25.5 Å². The standard InChI is InChI=1S/C20H22N4O2S/c1-23(2)11-16-21-18(24-10-6-9-15(24)20(25)26)17-14(12-27-19(17)22-16)13-7-4-3-5-8-13/h3-5,7-8,12,15H,6,9-11H2,1-2H3,(H,25,26)/t15-/m0/s1. The second-order valence-corrected chi connectivity index (χ2v) is 7.94. The van der Waals surface area contributed by atoms with E-state index in [4.69, 9.17) is 9.97 Å². The number of aliphatic carboxylic acids is 1. The van der Waals surface area contributed by atoms with E-state index in [9.17, 15) is 9.90 Å². The highest BCUT2D eigenvalue weighted by Gasteiger charge is 2.33. The van der Waals surface area contributed by atoms with Crippen LogP contribution in [-0.2, 0) is 11.3 Å². The van der Waals surface area contributed by atoms with Gasteiger partial charge in [-0.2, -0.15) is 0 Å². The molecule has 6 nitrogen and oxygen atoms in total. The van der Waals surface area contributed by atoms with Gasteiger partial charge in [0.25, 0.3) is 0 Å². The van der Waals surface area contributed by atoms with Crippen LogP contribution in [-0.4, -0.2) is 52.6 Å². The van der Waals surface area contributed by atoms with Crippen LogP contribution in [0, 0.1) is 0 Å². The molecule has 3 heterocycles. The molecule has 1 aromatic carbocycles. The Morgan fingerprint density at radius 1 is 1.30 bits per heavy atom. The van der Waals surface area contributed by atoms with Crippen molar-refractivity contribution >= 4 is 33.3 Å². The Hall–Kier alpha value is -2.51. The molecule has 7 heteroatoms. The highest BCUT2D eigenvalue weighted by Crippen LogP contribution is 2.40. The molecule has 1 saturated heterocycles. The largest absolute Gasteiger partial charge is 0.480 e. The first-order chi connectivity index (χ1) is 13.0. The van der Waals surface area contributed by atoms with Crippen molar-refractivity contribution in [1.82, 2.24) is 14.9 Å². The number of hydrogen-bond donors (Lipinski definition) is 1. The zero-order valence-electron chi connectivity index (χ0n) is 15.4. The summed E-state index contributed by atoms with van der Waals surface area (Å²) >= 11 is 1.59. The van der Waals surface area contributed by atoms with Gasteiger partial charge in [-0.1, -0.05) is 30.3 Å². The summed E-state index contributed by atoms with van der Waals surface area (Å²) in [6.07, 6.45) is 1.50. The fourth-order valence-electron chi connectivity index (χ4n) is 3.63. The molecule has 1 fully saturated rings. The Bertz CT molecular complexity index is 971. The van der Waals surface area contributed by atoms with Crippen LogP contribution in [0.5, 0.6) is 0 Å². The van der Waals surface area contributed by atoms with E-state index < -0.39 is 12.0 Å². The summed E-state index contributed by atoms with van der Waals surface area (Å²) < 4.78 is 0. The smallest absolute Gasteiger partial charge is 0.326 e. The number of carboxylic acid groups (broad SMARTS) is 1. The second kappa shape index (κ2) is 7.25. The van der Waals surface area contributed by atoms with Crippen molar-refractivity contribution in [3.05, 3.63) is 41.5 Å². The van der Waals surface area contributed by atoms with Crippen molar-refractivity contribution in [1.29, 1.82) is 0 Å². The van der Waals surface area contributed by atoms with Crippen LogP contribution in [0.3, 0.4) is 0 Å². The van der Waals surface area contributed by atoms with Crippen LogP contribution >= 0.6 is 11.3 Å². The third-order valence-electron chi connectivity index (χ3n) is 4.81. The zero-order valence-corrected chi connectivity index (χ0v) is 16.2. The maximum Gasteiger partial charge on any atom is 0.326 e. The number of thiophene rings is 1. The van der Waals surface area contributed by atoms with E-state index >= 15 is 0 Å². The van der Waals surface area contributed by atoms with E-state index in [-0.39, 0.29) is 0 Å². The minimum absolute atomic E-state index is 0.529. The molecular formula is C20H22N4O2S. The fraction of sp³-hybridized carbons (Fsp3) is 0.350. The Labute approximate surface area is 162 Å². The van der Waals surface area contributed by atoms with Gasteiger partial charge in [0.2, 0.25) is 0 Å². The van der Waals surface area contributed by atoms with Gasteiger partial charge in [0, 0.05) is 17.5 Å². The van der Waals surface area contributed by atoms with Crippen molar-refractivity contribution in [2.24, 2.45) is 0 Å². The molecule has 0 spiro atoms. The molecule has 0 unspecified atom stereocenters. The molecule has 3 aromatic rings. The van der Waals surface area contributed by atoms with Crippen LogP contribution in [0.4, 0.5) is 5.82 Å². The van der Waals surface area contributed by atoms with E-state index in [0.29, 0.717) is 19.5 Å². The first-order valence-electron chi connectivity index (χ1n) is 9.02. The number of rotatable bonds is 5. The molecule has 1 aliphatic rings. The monoisotopic (exact) mass is 382 g/mol. The SMILES string of the molecule is CN(C)Cc1nc(N2CCC[C@H]2C(=O)O)c2c(-c3ccccc3)csc2n1. The average Bonchev–Trinajstić information content (AvgIpc) is 3.28. The lowest BCUT2D eigenvalue weighted by molar-refractivity contribution is -0.138. The summed E-state index contributed by atoms with van der Waals surface area (Å²) in [6.45, 7) is 1.32. The maximum atomic E-state index is 11.8. The summed E-state index contributed by atoms with van der Waals surface area (Å²) in [6, 6.07) is 9.62. The zero-order chi connectivity index (χ0) is 19.0. The Kier molecular flexibility index (Phi) is 4.80. The highest BCUT2D eigenvalue weighted by molar-refractivity contribution is 7.17. The molecule has 1 aliphatic heterocycles. The lowest BCUT2D eigenvalue weighted by Gasteiger charge is -2.24. The minimum atomic E-state index is -0.787. The van der Waals surface area contributed by atoms with Crippen LogP contribution < -0.4 is 4.90 Å². The van der Waals surface area contributed by atoms with Gasteiger partial charge in [-0.15, -0.1) is 11.3 Å². The van der Waals surface area contributed by atoms with Crippen LogP contribution in [0.15, 0.2) is 35.7 Å². The lowest BCUT2D eigenvalue weighted by atomic mass is 10.1. The molecule has 1 N–H and O–H groups in total. The number of nitrogens with zero attached hydrogens (tertiary/aromatic N) is 4. The maximum absolute atomic E-state index is 11.8. The van der Waals surface area contributed by atoms with Crippen molar-refractivity contribution < 1.29 is 9.90 Å². The summed E-state index contributed by atoms with van der Waals surface area (Å²) in [7, 11) is 3.96. The molecule has 0 saturated carbocycles. The van der Waals surface area contributed by atoms with E-state index in [1.165, 1.54) is 0 Å². The molecule has 1 atom stereocenters. The van der Waals surface area contributed by atoms with Gasteiger partial charge in [0.15, 0.2) is 0 Å². The van der Waals surface area contributed by atoms with Gasteiger partial charge in [-0.25, -0.2) is 14.8 Å². The van der Waals surface area contributed by atoms with Gasteiger partial charge >= 0.3 is 5.97 Å². The topological polar surface area (TPSA) is 69.6 Å². The Balaban J connectivity index is 1.92. The number of carboxylic acids is 1. The van der Waals surface area contributed by atoms with Crippen molar-refractivity contribution in [3.8, 4) is 11.1 Å². The number of anilines is 1. The van der Waals surface area contributed by atoms with Gasteiger partial charge in [0.05, 0.1) is 11.9 Å². The summed E-state index contributed by atoms with van der Waals surface area (Å²) in [5.74, 6) is 0.687. The lowest BCUT2D eigenvalue weighted by Crippen LogP contribution is -2.36. The summed E-state index contributed by atoms with van der Waals surface area (Å²) in [4.78, 5) is 26.3. The van der Waals surface area contributed by atoms with Gasteiger partial charge < -0.3 is 14.9 Å². The third kappa shape index (κ3) is 3.40. The van der Waals surface area contributed by atoms with Crippen LogP contribution in [0.2, 0.25) is 0 Å². The van der Waals surface area contributed by atoms with E-state index in [1.807, 2.05) is 42.1 Å². The Morgan fingerprint density at radius 2 is 2.07 bits per heavy atom. The molecule has 0 amide bonds. The molecule has 140 valence electrons. The number of benzene rings is 1. The normalized spacial score (nSPS) is 17.1. The highest BCUT2D eigenvalue weighted by atomic mass is 32.1. The Morgan fingerprint density at radius 3 is 2.78 bits per heavy atom. The predicted molar refractivity (Wildman–Crippen MR) is 108 cm³/mol. The molecule has 0 bridgehead atoms. The van der Waals surface area contributed by atoms with Crippen LogP contribution in [0.1, 0.15) is 18.7 Å². The van der Waals surface area contributed by atoms with Gasteiger partial charge in [0.1, 0.15) is 22.5 Å². The molecule has 2 aromatic heterocycles. The first-order valence-corrected chi connectivity index (χ1v) is 9.90. The van der Waals surface area contributed by atoms with E-state index in [2.05, 4.69) is 17.5 Å². The minimum Gasteiger partial charge on any atom is -0.480 e. The number of carbonyl (C=O) groups is 1. The first kappa shape index (κ1) is 17.9. The van der Waals surface area contributed by atoms with Crippen LogP contribution in [0.25, 0.3) is 21.3 Å². The molecule has 4 rings (SSSR count). The number of fused-ring (bicyclic) bond motifs is 1. The summed E-state index contributed by atoms with van der Waals surface area (Å²) in [5, 5.41) is 12.7. The third-order valence-corrected chi connectivity index (χ3v) is 5.69. The molecule has 0 radical (unpaired) electrons. The second-order valence-electron chi connectivity index (χ2n) is 7.09. The molecule has 0 aliphatic carbocycles. The number of aromatic nitrogens is 2. The van der Waals surface area contributed by atoms with E-state index in [1.54, 1.807) is 11.3 Å².